The maximum atomic E-state index is 12.3. The van der Waals surface area contributed by atoms with Gasteiger partial charge in [0.15, 0.2) is 0 Å². The summed E-state index contributed by atoms with van der Waals surface area (Å²) in [5.41, 5.74) is 3.47. The van der Waals surface area contributed by atoms with Gasteiger partial charge in [-0.3, -0.25) is 4.79 Å². The normalized spacial score (nSPS) is 11.6. The third kappa shape index (κ3) is 4.87. The van der Waals surface area contributed by atoms with Crippen LogP contribution in [-0.4, -0.2) is 11.7 Å². The van der Waals surface area contributed by atoms with E-state index in [4.69, 9.17) is 5.26 Å². The lowest BCUT2D eigenvalue weighted by molar-refractivity contribution is -0.118. The third-order valence-electron chi connectivity index (χ3n) is 3.58. The predicted octanol–water partition coefficient (Wildman–Crippen LogP) is 4.54. The first-order valence-corrected chi connectivity index (χ1v) is 8.49. The molecule has 1 atom stereocenters. The Morgan fingerprint density at radius 3 is 2.52 bits per heavy atom. The van der Waals surface area contributed by atoms with E-state index in [2.05, 4.69) is 42.6 Å². The highest BCUT2D eigenvalue weighted by atomic mass is 32.2. The fourth-order valence-corrected chi connectivity index (χ4v) is 2.99. The fourth-order valence-electron chi connectivity index (χ4n) is 2.06. The number of carbonyl (C=O) groups is 1. The van der Waals surface area contributed by atoms with E-state index in [0.29, 0.717) is 5.56 Å². The Morgan fingerprint density at radius 1 is 1.22 bits per heavy atom. The number of rotatable bonds is 5. The molecule has 0 aliphatic carbocycles. The van der Waals surface area contributed by atoms with Gasteiger partial charge in [-0.1, -0.05) is 24.6 Å². The molecule has 0 saturated carbocycles. The van der Waals surface area contributed by atoms with Crippen LogP contribution in [0.4, 0.5) is 5.69 Å². The number of hydrogen-bond donors (Lipinski definition) is 1. The molecule has 3 nitrogen and oxygen atoms in total. The molecule has 0 saturated heterocycles. The van der Waals surface area contributed by atoms with E-state index in [9.17, 15) is 4.79 Å². The van der Waals surface area contributed by atoms with Gasteiger partial charge in [-0.2, -0.15) is 5.26 Å². The van der Waals surface area contributed by atoms with Gasteiger partial charge >= 0.3 is 0 Å². The molecule has 1 amide bonds. The number of benzene rings is 2. The lowest BCUT2D eigenvalue weighted by Gasteiger charge is -2.13. The molecule has 0 radical (unpaired) electrons. The van der Waals surface area contributed by atoms with Crippen LogP contribution < -0.4 is 5.32 Å². The van der Waals surface area contributed by atoms with Crippen molar-refractivity contribution < 1.29 is 4.79 Å². The number of anilines is 1. The van der Waals surface area contributed by atoms with Crippen LogP contribution in [0.3, 0.4) is 0 Å². The molecule has 0 bridgehead atoms. The van der Waals surface area contributed by atoms with Gasteiger partial charge in [0.25, 0.3) is 0 Å². The van der Waals surface area contributed by atoms with Gasteiger partial charge in [-0.25, -0.2) is 0 Å². The van der Waals surface area contributed by atoms with Crippen molar-refractivity contribution >= 4 is 23.4 Å². The Kier molecular flexibility index (Phi) is 5.84. The van der Waals surface area contributed by atoms with Crippen molar-refractivity contribution in [3.8, 4) is 6.07 Å². The SMILES string of the molecule is Cc1ccc(SCC(C)C(=O)Nc2ccc(C#N)c(C)c2)cc1. The van der Waals surface area contributed by atoms with Gasteiger partial charge in [0.2, 0.25) is 5.91 Å². The summed E-state index contributed by atoms with van der Waals surface area (Å²) in [6.07, 6.45) is 0. The van der Waals surface area contributed by atoms with E-state index in [-0.39, 0.29) is 11.8 Å². The smallest absolute Gasteiger partial charge is 0.228 e. The first-order chi connectivity index (χ1) is 11.0. The molecule has 1 unspecified atom stereocenters. The Hall–Kier alpha value is -2.25. The second-order valence-corrected chi connectivity index (χ2v) is 6.75. The summed E-state index contributed by atoms with van der Waals surface area (Å²) in [7, 11) is 0. The molecule has 1 N–H and O–H groups in total. The molecule has 0 aliphatic heterocycles. The maximum absolute atomic E-state index is 12.3. The highest BCUT2D eigenvalue weighted by Crippen LogP contribution is 2.22. The van der Waals surface area contributed by atoms with E-state index < -0.39 is 0 Å². The molecule has 0 aliphatic rings. The summed E-state index contributed by atoms with van der Waals surface area (Å²) in [4.78, 5) is 13.4. The number of hydrogen-bond acceptors (Lipinski definition) is 3. The minimum absolute atomic E-state index is 0.00582. The predicted molar refractivity (Wildman–Crippen MR) is 95.6 cm³/mol. The largest absolute Gasteiger partial charge is 0.326 e. The monoisotopic (exact) mass is 324 g/mol. The molecule has 0 fully saturated rings. The Bertz CT molecular complexity index is 732. The maximum Gasteiger partial charge on any atom is 0.228 e. The summed E-state index contributed by atoms with van der Waals surface area (Å²) in [6.45, 7) is 5.85. The van der Waals surface area contributed by atoms with Gasteiger partial charge in [0, 0.05) is 22.3 Å². The minimum atomic E-state index is -0.0998. The van der Waals surface area contributed by atoms with Crippen LogP contribution >= 0.6 is 11.8 Å². The zero-order valence-electron chi connectivity index (χ0n) is 13.6. The van der Waals surface area contributed by atoms with Gasteiger partial charge in [-0.05, 0) is 49.7 Å². The lowest BCUT2D eigenvalue weighted by atomic mass is 10.1. The standard InChI is InChI=1S/C19H20N2OS/c1-13-4-8-18(9-5-13)23-12-15(3)19(22)21-17-7-6-16(11-20)14(2)10-17/h4-10,15H,12H2,1-3H3,(H,21,22). The van der Waals surface area contributed by atoms with Crippen molar-refractivity contribution in [2.45, 2.75) is 25.7 Å². The lowest BCUT2D eigenvalue weighted by Crippen LogP contribution is -2.22. The van der Waals surface area contributed by atoms with E-state index >= 15 is 0 Å². The summed E-state index contributed by atoms with van der Waals surface area (Å²) in [5, 5.41) is 11.9. The first-order valence-electron chi connectivity index (χ1n) is 7.50. The van der Waals surface area contributed by atoms with Crippen molar-refractivity contribution in [3.05, 3.63) is 59.2 Å². The van der Waals surface area contributed by atoms with E-state index in [1.54, 1.807) is 23.9 Å². The van der Waals surface area contributed by atoms with Crippen LogP contribution in [0, 0.1) is 31.1 Å². The van der Waals surface area contributed by atoms with Crippen LogP contribution in [0.5, 0.6) is 0 Å². The van der Waals surface area contributed by atoms with Gasteiger partial charge in [-0.15, -0.1) is 11.8 Å². The number of nitrogens with one attached hydrogen (secondary N) is 1. The summed E-state index contributed by atoms with van der Waals surface area (Å²) in [5.74, 6) is 0.621. The minimum Gasteiger partial charge on any atom is -0.326 e. The Morgan fingerprint density at radius 2 is 1.91 bits per heavy atom. The highest BCUT2D eigenvalue weighted by molar-refractivity contribution is 7.99. The summed E-state index contributed by atoms with van der Waals surface area (Å²) in [6, 6.07) is 15.8. The Labute approximate surface area is 141 Å². The molecule has 0 heterocycles. The van der Waals surface area contributed by atoms with Gasteiger partial charge in [0.1, 0.15) is 0 Å². The first kappa shape index (κ1) is 17.1. The van der Waals surface area contributed by atoms with Crippen molar-refractivity contribution in [2.24, 2.45) is 5.92 Å². The van der Waals surface area contributed by atoms with E-state index in [0.717, 1.165) is 17.0 Å². The van der Waals surface area contributed by atoms with E-state index in [1.807, 2.05) is 19.9 Å². The topological polar surface area (TPSA) is 52.9 Å². The molecular formula is C19H20N2OS. The molecule has 23 heavy (non-hydrogen) atoms. The summed E-state index contributed by atoms with van der Waals surface area (Å²) < 4.78 is 0. The molecule has 0 spiro atoms. The van der Waals surface area contributed by atoms with Crippen molar-refractivity contribution in [3.63, 3.8) is 0 Å². The van der Waals surface area contributed by atoms with Gasteiger partial charge < -0.3 is 5.32 Å². The van der Waals surface area contributed by atoms with Gasteiger partial charge in [0.05, 0.1) is 11.6 Å². The molecular weight excluding hydrogens is 304 g/mol. The average molecular weight is 324 g/mol. The van der Waals surface area contributed by atoms with Crippen LogP contribution in [0.25, 0.3) is 0 Å². The molecule has 2 rings (SSSR count). The number of aryl methyl sites for hydroxylation is 2. The number of thioether (sulfide) groups is 1. The van der Waals surface area contributed by atoms with Crippen LogP contribution in [0.15, 0.2) is 47.4 Å². The molecule has 2 aromatic rings. The number of nitriles is 1. The second kappa shape index (κ2) is 7.85. The quantitative estimate of drug-likeness (QED) is 0.821. The number of amides is 1. The fraction of sp³-hybridized carbons (Fsp3) is 0.263. The second-order valence-electron chi connectivity index (χ2n) is 5.66. The average Bonchev–Trinajstić information content (AvgIpc) is 2.54. The van der Waals surface area contributed by atoms with Crippen LogP contribution in [0.1, 0.15) is 23.6 Å². The Balaban J connectivity index is 1.91. The third-order valence-corrected chi connectivity index (χ3v) is 4.86. The van der Waals surface area contributed by atoms with Crippen molar-refractivity contribution in [2.75, 3.05) is 11.1 Å². The molecule has 118 valence electrons. The zero-order chi connectivity index (χ0) is 16.8. The van der Waals surface area contributed by atoms with Crippen LogP contribution in [-0.2, 0) is 4.79 Å². The van der Waals surface area contributed by atoms with E-state index in [1.165, 1.54) is 10.5 Å². The molecule has 2 aromatic carbocycles. The van der Waals surface area contributed by atoms with Crippen molar-refractivity contribution in [1.82, 2.24) is 0 Å². The van der Waals surface area contributed by atoms with Crippen LogP contribution in [0.2, 0.25) is 0 Å². The number of nitrogens with zero attached hydrogens (tertiary/aromatic N) is 1. The summed E-state index contributed by atoms with van der Waals surface area (Å²) >= 11 is 1.68. The van der Waals surface area contributed by atoms with Crippen molar-refractivity contribution in [1.29, 1.82) is 5.26 Å². The molecule has 0 aromatic heterocycles. The highest BCUT2D eigenvalue weighted by Gasteiger charge is 2.14. The zero-order valence-corrected chi connectivity index (χ0v) is 14.4. The molecule has 4 heteroatoms. The number of carbonyl (C=O) groups excluding carboxylic acids is 1.